The highest BCUT2D eigenvalue weighted by Crippen LogP contribution is 2.21. The molecule has 0 aromatic carbocycles. The fourth-order valence-corrected chi connectivity index (χ4v) is 2.86. The van der Waals surface area contributed by atoms with Crippen molar-refractivity contribution < 1.29 is 4.79 Å². The van der Waals surface area contributed by atoms with Crippen molar-refractivity contribution in [2.75, 3.05) is 11.9 Å². The van der Waals surface area contributed by atoms with Crippen LogP contribution >= 0.6 is 23.6 Å². The third kappa shape index (κ3) is 2.33. The highest BCUT2D eigenvalue weighted by molar-refractivity contribution is 7.73. The first-order valence-corrected chi connectivity index (χ1v) is 7.05. The van der Waals surface area contributed by atoms with Gasteiger partial charge in [-0.2, -0.15) is 0 Å². The van der Waals surface area contributed by atoms with E-state index in [0.717, 1.165) is 10.3 Å². The van der Waals surface area contributed by atoms with Crippen molar-refractivity contribution in [2.45, 2.75) is 0 Å². The van der Waals surface area contributed by atoms with Gasteiger partial charge >= 0.3 is 0 Å². The van der Waals surface area contributed by atoms with E-state index in [0.29, 0.717) is 15.3 Å². The third-order valence-electron chi connectivity index (χ3n) is 2.85. The van der Waals surface area contributed by atoms with E-state index in [2.05, 4.69) is 15.0 Å². The van der Waals surface area contributed by atoms with Crippen molar-refractivity contribution in [3.63, 3.8) is 0 Å². The quantitative estimate of drug-likeness (QED) is 0.739. The summed E-state index contributed by atoms with van der Waals surface area (Å²) in [5.41, 5.74) is 1.46. The Bertz CT molecular complexity index is 825. The van der Waals surface area contributed by atoms with E-state index in [1.807, 2.05) is 6.07 Å². The average Bonchev–Trinajstić information content (AvgIpc) is 2.85. The van der Waals surface area contributed by atoms with Crippen molar-refractivity contribution in [3.05, 3.63) is 46.2 Å². The number of thiazole rings is 1. The van der Waals surface area contributed by atoms with E-state index in [1.54, 1.807) is 37.6 Å². The van der Waals surface area contributed by atoms with Crippen molar-refractivity contribution in [1.82, 2.24) is 15.0 Å². The lowest BCUT2D eigenvalue weighted by molar-refractivity contribution is 0.0992. The molecule has 7 heteroatoms. The number of amides is 1. The summed E-state index contributed by atoms with van der Waals surface area (Å²) >= 11 is 6.48. The highest BCUT2D eigenvalue weighted by atomic mass is 32.1. The Morgan fingerprint density at radius 3 is 2.80 bits per heavy atom. The zero-order valence-corrected chi connectivity index (χ0v) is 12.2. The first-order chi connectivity index (χ1) is 9.65. The van der Waals surface area contributed by atoms with Gasteiger partial charge in [0, 0.05) is 25.0 Å². The fourth-order valence-electron chi connectivity index (χ4n) is 1.81. The minimum Gasteiger partial charge on any atom is -0.336 e. The molecule has 0 saturated heterocycles. The molecular weight excluding hydrogens is 292 g/mol. The molecule has 0 bridgehead atoms. The number of rotatable bonds is 2. The second kappa shape index (κ2) is 5.10. The van der Waals surface area contributed by atoms with Crippen molar-refractivity contribution in [2.24, 2.45) is 0 Å². The van der Waals surface area contributed by atoms with E-state index in [1.165, 1.54) is 16.2 Å². The van der Waals surface area contributed by atoms with Crippen LogP contribution in [0.25, 0.3) is 10.3 Å². The number of fused-ring (bicyclic) bond motifs is 1. The number of aromatic amines is 1. The summed E-state index contributed by atoms with van der Waals surface area (Å²) in [4.78, 5) is 26.0. The van der Waals surface area contributed by atoms with Crippen LogP contribution in [0.15, 0.2) is 36.7 Å². The molecule has 0 aliphatic heterocycles. The Balaban J connectivity index is 1.97. The van der Waals surface area contributed by atoms with Crippen LogP contribution < -0.4 is 4.90 Å². The molecule has 3 heterocycles. The summed E-state index contributed by atoms with van der Waals surface area (Å²) in [6.45, 7) is 0. The predicted octanol–water partition coefficient (Wildman–Crippen LogP) is 3.03. The molecule has 1 N–H and O–H groups in total. The largest absolute Gasteiger partial charge is 0.336 e. The van der Waals surface area contributed by atoms with Crippen LogP contribution in [0.2, 0.25) is 0 Å². The molecule has 20 heavy (non-hydrogen) atoms. The Kier molecular flexibility index (Phi) is 3.29. The lowest BCUT2D eigenvalue weighted by Crippen LogP contribution is -2.26. The Morgan fingerprint density at radius 2 is 2.05 bits per heavy atom. The van der Waals surface area contributed by atoms with Gasteiger partial charge in [-0.05, 0) is 36.5 Å². The van der Waals surface area contributed by atoms with Gasteiger partial charge in [-0.1, -0.05) is 11.3 Å². The average molecular weight is 302 g/mol. The number of nitrogens with one attached hydrogen (secondary N) is 1. The summed E-state index contributed by atoms with van der Waals surface area (Å²) in [7, 11) is 1.70. The topological polar surface area (TPSA) is 61.9 Å². The first kappa shape index (κ1) is 12.9. The van der Waals surface area contributed by atoms with Crippen molar-refractivity contribution >= 4 is 45.6 Å². The summed E-state index contributed by atoms with van der Waals surface area (Å²) in [6, 6.07) is 7.02. The molecule has 0 saturated carbocycles. The van der Waals surface area contributed by atoms with Gasteiger partial charge in [-0.15, -0.1) is 0 Å². The lowest BCUT2D eigenvalue weighted by atomic mass is 10.2. The van der Waals surface area contributed by atoms with E-state index < -0.39 is 0 Å². The van der Waals surface area contributed by atoms with Gasteiger partial charge in [0.15, 0.2) is 3.95 Å². The first-order valence-electron chi connectivity index (χ1n) is 5.83. The van der Waals surface area contributed by atoms with E-state index in [9.17, 15) is 4.79 Å². The number of aromatic nitrogens is 3. The Labute approximate surface area is 123 Å². The number of anilines is 1. The van der Waals surface area contributed by atoms with Crippen LogP contribution in [0, 0.1) is 3.95 Å². The maximum absolute atomic E-state index is 12.3. The number of H-pyrrole nitrogens is 1. The lowest BCUT2D eigenvalue weighted by Gasteiger charge is -2.15. The van der Waals surface area contributed by atoms with E-state index in [4.69, 9.17) is 12.2 Å². The number of hydrogen-bond acceptors (Lipinski definition) is 5. The van der Waals surface area contributed by atoms with E-state index in [-0.39, 0.29) is 5.91 Å². The minimum absolute atomic E-state index is 0.126. The van der Waals surface area contributed by atoms with Gasteiger partial charge in [0.25, 0.3) is 5.91 Å². The standard InChI is InChI=1S/C13H10N4OS2/c1-17(12(18)8-4-6-14-7-5-8)10-3-2-9-11(16-10)20-13(19)15-9/h2-7H,1H3,(H,15,19). The third-order valence-corrected chi connectivity index (χ3v) is 3.99. The number of pyridine rings is 2. The summed E-state index contributed by atoms with van der Waals surface area (Å²) in [5.74, 6) is 0.461. The minimum atomic E-state index is -0.126. The SMILES string of the molecule is CN(C(=O)c1ccncc1)c1ccc2[nH]c(=S)sc2n1. The van der Waals surface area contributed by atoms with Crippen LogP contribution in [-0.2, 0) is 0 Å². The molecule has 3 aromatic heterocycles. The van der Waals surface area contributed by atoms with Gasteiger partial charge in [0.2, 0.25) is 0 Å². The van der Waals surface area contributed by atoms with Crippen LogP contribution in [0.1, 0.15) is 10.4 Å². The molecule has 100 valence electrons. The van der Waals surface area contributed by atoms with Gasteiger partial charge in [0.05, 0.1) is 5.52 Å². The fraction of sp³-hybridized carbons (Fsp3) is 0.0769. The Hall–Kier alpha value is -2.12. The maximum atomic E-state index is 12.3. The van der Waals surface area contributed by atoms with Crippen LogP contribution in [0.3, 0.4) is 0 Å². The molecule has 0 aliphatic carbocycles. The second-order valence-corrected chi connectivity index (χ2v) is 5.80. The summed E-state index contributed by atoms with van der Waals surface area (Å²) in [5, 5.41) is 0. The molecule has 5 nitrogen and oxygen atoms in total. The normalized spacial score (nSPS) is 10.7. The number of carbonyl (C=O) groups is 1. The molecule has 0 spiro atoms. The van der Waals surface area contributed by atoms with Crippen molar-refractivity contribution in [1.29, 1.82) is 0 Å². The zero-order chi connectivity index (χ0) is 14.1. The number of hydrogen-bond donors (Lipinski definition) is 1. The van der Waals surface area contributed by atoms with Gasteiger partial charge < -0.3 is 4.98 Å². The summed E-state index contributed by atoms with van der Waals surface area (Å²) in [6.07, 6.45) is 3.19. The van der Waals surface area contributed by atoms with Gasteiger partial charge in [0.1, 0.15) is 10.6 Å². The van der Waals surface area contributed by atoms with E-state index >= 15 is 0 Å². The molecule has 1 amide bonds. The number of carbonyl (C=O) groups excluding carboxylic acids is 1. The predicted molar refractivity (Wildman–Crippen MR) is 81.8 cm³/mol. The molecule has 0 unspecified atom stereocenters. The monoisotopic (exact) mass is 302 g/mol. The van der Waals surface area contributed by atoms with Gasteiger partial charge in [-0.25, -0.2) is 4.98 Å². The molecule has 0 atom stereocenters. The summed E-state index contributed by atoms with van der Waals surface area (Å²) < 4.78 is 0.674. The smallest absolute Gasteiger partial charge is 0.259 e. The Morgan fingerprint density at radius 1 is 1.30 bits per heavy atom. The molecule has 0 radical (unpaired) electrons. The maximum Gasteiger partial charge on any atom is 0.259 e. The van der Waals surface area contributed by atoms with Crippen molar-refractivity contribution in [3.8, 4) is 0 Å². The van der Waals surface area contributed by atoms with Crippen LogP contribution in [0.5, 0.6) is 0 Å². The molecule has 3 aromatic rings. The highest BCUT2D eigenvalue weighted by Gasteiger charge is 2.15. The molecule has 0 aliphatic rings. The van der Waals surface area contributed by atoms with Crippen LogP contribution in [0.4, 0.5) is 5.82 Å². The van der Waals surface area contributed by atoms with Crippen LogP contribution in [-0.4, -0.2) is 27.9 Å². The van der Waals surface area contributed by atoms with Gasteiger partial charge in [-0.3, -0.25) is 14.7 Å². The molecular formula is C13H10N4OS2. The zero-order valence-electron chi connectivity index (χ0n) is 10.5. The second-order valence-electron chi connectivity index (χ2n) is 4.14. The molecule has 3 rings (SSSR count). The molecule has 0 fully saturated rings. The number of nitrogens with zero attached hydrogens (tertiary/aromatic N) is 3.